The van der Waals surface area contributed by atoms with Crippen LogP contribution in [0.25, 0.3) is 11.3 Å². The maximum atomic E-state index is 11.9. The molecule has 0 aliphatic heterocycles. The molecule has 1 amide bonds. The lowest BCUT2D eigenvalue weighted by molar-refractivity contribution is -0.146. The van der Waals surface area contributed by atoms with Crippen LogP contribution in [0.2, 0.25) is 0 Å². The van der Waals surface area contributed by atoms with Gasteiger partial charge in [-0.15, -0.1) is 11.3 Å². The Morgan fingerprint density at radius 3 is 2.65 bits per heavy atom. The standard InChI is InChI=1S/C18H16N2O4S2/c1-23-14-4-2-13(3-5-14)15-11-26-18(19-15)20-16(21)9-24-17(22)8-12-6-7-25-10-12/h2-7,10-11H,8-9H2,1H3,(H,19,20,21). The molecule has 8 heteroatoms. The van der Waals surface area contributed by atoms with E-state index in [9.17, 15) is 9.59 Å². The number of rotatable bonds is 7. The molecule has 0 aliphatic carbocycles. The highest BCUT2D eigenvalue weighted by Crippen LogP contribution is 2.26. The van der Waals surface area contributed by atoms with Crippen LogP contribution in [-0.4, -0.2) is 30.6 Å². The number of ether oxygens (including phenoxy) is 2. The first-order chi connectivity index (χ1) is 12.6. The average molecular weight is 388 g/mol. The van der Waals surface area contributed by atoms with E-state index in [0.717, 1.165) is 22.6 Å². The molecule has 0 fully saturated rings. The topological polar surface area (TPSA) is 77.5 Å². The zero-order chi connectivity index (χ0) is 18.4. The molecule has 0 bridgehead atoms. The van der Waals surface area contributed by atoms with Gasteiger partial charge in [0, 0.05) is 10.9 Å². The van der Waals surface area contributed by atoms with Crippen molar-refractivity contribution in [2.45, 2.75) is 6.42 Å². The fourth-order valence-corrected chi connectivity index (χ4v) is 3.54. The maximum Gasteiger partial charge on any atom is 0.310 e. The van der Waals surface area contributed by atoms with Gasteiger partial charge in [-0.25, -0.2) is 4.98 Å². The van der Waals surface area contributed by atoms with E-state index in [4.69, 9.17) is 9.47 Å². The van der Waals surface area contributed by atoms with Gasteiger partial charge in [0.05, 0.1) is 19.2 Å². The van der Waals surface area contributed by atoms with Crippen LogP contribution in [0, 0.1) is 0 Å². The van der Waals surface area contributed by atoms with Gasteiger partial charge in [-0.3, -0.25) is 14.9 Å². The molecule has 2 heterocycles. The Labute approximate surface area is 158 Å². The Kier molecular flexibility index (Phi) is 5.98. The molecule has 2 aromatic heterocycles. The number of nitrogens with zero attached hydrogens (tertiary/aromatic N) is 1. The molecule has 0 saturated heterocycles. The lowest BCUT2D eigenvalue weighted by Gasteiger charge is -2.04. The van der Waals surface area contributed by atoms with Crippen molar-refractivity contribution in [3.63, 3.8) is 0 Å². The summed E-state index contributed by atoms with van der Waals surface area (Å²) in [6, 6.07) is 9.33. The first-order valence-corrected chi connectivity index (χ1v) is 9.53. The van der Waals surface area contributed by atoms with Crippen molar-refractivity contribution in [1.82, 2.24) is 4.98 Å². The smallest absolute Gasteiger partial charge is 0.310 e. The van der Waals surface area contributed by atoms with Crippen molar-refractivity contribution < 1.29 is 19.1 Å². The summed E-state index contributed by atoms with van der Waals surface area (Å²) in [4.78, 5) is 28.0. The summed E-state index contributed by atoms with van der Waals surface area (Å²) < 4.78 is 10.1. The first-order valence-electron chi connectivity index (χ1n) is 7.70. The molecule has 134 valence electrons. The minimum Gasteiger partial charge on any atom is -0.497 e. The number of thiazole rings is 1. The van der Waals surface area contributed by atoms with Crippen molar-refractivity contribution >= 4 is 39.7 Å². The molecule has 3 aromatic rings. The van der Waals surface area contributed by atoms with Gasteiger partial charge in [-0.05, 0) is 46.7 Å². The van der Waals surface area contributed by atoms with Gasteiger partial charge in [-0.1, -0.05) is 0 Å². The van der Waals surface area contributed by atoms with Crippen molar-refractivity contribution in [2.24, 2.45) is 0 Å². The molecule has 0 unspecified atom stereocenters. The van der Waals surface area contributed by atoms with Gasteiger partial charge in [0.25, 0.3) is 5.91 Å². The van der Waals surface area contributed by atoms with Crippen molar-refractivity contribution in [1.29, 1.82) is 0 Å². The molecule has 0 aliphatic rings. The molecule has 0 saturated carbocycles. The third-order valence-electron chi connectivity index (χ3n) is 3.43. The Bertz CT molecular complexity index is 873. The molecule has 0 atom stereocenters. The van der Waals surface area contributed by atoms with Crippen molar-refractivity contribution in [3.05, 3.63) is 52.0 Å². The van der Waals surface area contributed by atoms with E-state index in [0.29, 0.717) is 5.13 Å². The summed E-state index contributed by atoms with van der Waals surface area (Å²) in [5, 5.41) is 8.70. The number of carbonyl (C=O) groups is 2. The third kappa shape index (κ3) is 4.90. The molecule has 26 heavy (non-hydrogen) atoms. The van der Waals surface area contributed by atoms with Crippen LogP contribution in [0.15, 0.2) is 46.5 Å². The Morgan fingerprint density at radius 2 is 1.96 bits per heavy atom. The monoisotopic (exact) mass is 388 g/mol. The fourth-order valence-electron chi connectivity index (χ4n) is 2.14. The van der Waals surface area contributed by atoms with Gasteiger partial charge in [0.15, 0.2) is 11.7 Å². The summed E-state index contributed by atoms with van der Waals surface area (Å²) in [7, 11) is 1.61. The summed E-state index contributed by atoms with van der Waals surface area (Å²) >= 11 is 2.82. The number of thiophene rings is 1. The molecule has 3 rings (SSSR count). The number of esters is 1. The average Bonchev–Trinajstić information content (AvgIpc) is 3.32. The number of anilines is 1. The highest BCUT2D eigenvalue weighted by atomic mass is 32.1. The molecule has 1 N–H and O–H groups in total. The molecular weight excluding hydrogens is 372 g/mol. The number of hydrogen-bond acceptors (Lipinski definition) is 7. The highest BCUT2D eigenvalue weighted by Gasteiger charge is 2.11. The van der Waals surface area contributed by atoms with E-state index in [1.54, 1.807) is 7.11 Å². The predicted octanol–water partition coefficient (Wildman–Crippen LogP) is 3.60. The van der Waals surface area contributed by atoms with Gasteiger partial charge < -0.3 is 9.47 Å². The number of benzene rings is 1. The second-order valence-corrected chi connectivity index (χ2v) is 6.92. The van der Waals surface area contributed by atoms with E-state index in [1.807, 2.05) is 46.5 Å². The lowest BCUT2D eigenvalue weighted by atomic mass is 10.2. The van der Waals surface area contributed by atoms with E-state index in [-0.39, 0.29) is 13.0 Å². The summed E-state index contributed by atoms with van der Waals surface area (Å²) in [5.74, 6) is -0.0855. The van der Waals surface area contributed by atoms with Gasteiger partial charge >= 0.3 is 5.97 Å². The van der Waals surface area contributed by atoms with Crippen LogP contribution in [0.4, 0.5) is 5.13 Å². The van der Waals surface area contributed by atoms with Crippen LogP contribution in [0.3, 0.4) is 0 Å². The maximum absolute atomic E-state index is 11.9. The van der Waals surface area contributed by atoms with Gasteiger partial charge in [0.1, 0.15) is 5.75 Å². The van der Waals surface area contributed by atoms with E-state index < -0.39 is 11.9 Å². The zero-order valence-electron chi connectivity index (χ0n) is 13.9. The highest BCUT2D eigenvalue weighted by molar-refractivity contribution is 7.14. The molecule has 0 radical (unpaired) electrons. The Balaban J connectivity index is 1.50. The number of aromatic nitrogens is 1. The fraction of sp³-hybridized carbons (Fsp3) is 0.167. The quantitative estimate of drug-likeness (QED) is 0.626. The molecular formula is C18H16N2O4S2. The minimum atomic E-state index is -0.434. The molecule has 6 nitrogen and oxygen atoms in total. The van der Waals surface area contributed by atoms with Crippen LogP contribution in [0.5, 0.6) is 5.75 Å². The second kappa shape index (κ2) is 8.59. The number of hydrogen-bond donors (Lipinski definition) is 1. The zero-order valence-corrected chi connectivity index (χ0v) is 15.6. The SMILES string of the molecule is COc1ccc(-c2csc(NC(=O)COC(=O)Cc3ccsc3)n2)cc1. The molecule has 1 aromatic carbocycles. The van der Waals surface area contributed by atoms with E-state index in [1.165, 1.54) is 22.7 Å². The van der Waals surface area contributed by atoms with Crippen LogP contribution >= 0.6 is 22.7 Å². The number of amides is 1. The number of nitrogens with one attached hydrogen (secondary N) is 1. The summed E-state index contributed by atoms with van der Waals surface area (Å²) in [5.41, 5.74) is 2.55. The normalized spacial score (nSPS) is 10.3. The predicted molar refractivity (Wildman–Crippen MR) is 102 cm³/mol. The minimum absolute atomic E-state index is 0.162. The summed E-state index contributed by atoms with van der Waals surface area (Å²) in [6.07, 6.45) is 0.162. The second-order valence-electron chi connectivity index (χ2n) is 5.28. The van der Waals surface area contributed by atoms with Crippen LogP contribution < -0.4 is 10.1 Å². The van der Waals surface area contributed by atoms with Crippen LogP contribution in [0.1, 0.15) is 5.56 Å². The first kappa shape index (κ1) is 18.1. The summed E-state index contributed by atoms with van der Waals surface area (Å²) in [6.45, 7) is -0.333. The van der Waals surface area contributed by atoms with Gasteiger partial charge in [0.2, 0.25) is 0 Å². The third-order valence-corrected chi connectivity index (χ3v) is 4.92. The molecule has 0 spiro atoms. The Hall–Kier alpha value is -2.71. The van der Waals surface area contributed by atoms with Crippen LogP contribution in [-0.2, 0) is 20.7 Å². The van der Waals surface area contributed by atoms with E-state index in [2.05, 4.69) is 10.3 Å². The van der Waals surface area contributed by atoms with Crippen molar-refractivity contribution in [3.8, 4) is 17.0 Å². The van der Waals surface area contributed by atoms with Crippen molar-refractivity contribution in [2.75, 3.05) is 19.0 Å². The largest absolute Gasteiger partial charge is 0.497 e. The van der Waals surface area contributed by atoms with Gasteiger partial charge in [-0.2, -0.15) is 11.3 Å². The number of methoxy groups -OCH3 is 1. The lowest BCUT2D eigenvalue weighted by Crippen LogP contribution is -2.21. The van der Waals surface area contributed by atoms with E-state index >= 15 is 0 Å². The number of carbonyl (C=O) groups excluding carboxylic acids is 2. The Morgan fingerprint density at radius 1 is 1.15 bits per heavy atom.